The van der Waals surface area contributed by atoms with E-state index in [1.807, 2.05) is 38.1 Å². The normalized spacial score (nSPS) is 13.7. The predicted molar refractivity (Wildman–Crippen MR) is 112 cm³/mol. The van der Waals surface area contributed by atoms with Crippen molar-refractivity contribution >= 4 is 17.0 Å². The van der Waals surface area contributed by atoms with Crippen molar-refractivity contribution in [3.8, 4) is 11.1 Å². The molecule has 6 heteroatoms. The van der Waals surface area contributed by atoms with Crippen LogP contribution in [0.4, 0.5) is 0 Å². The molecular formula is C24H24N3O3+. The molecule has 1 saturated carbocycles. The number of rotatable bonds is 5. The summed E-state index contributed by atoms with van der Waals surface area (Å²) in [4.78, 5) is 16.4. The molecule has 0 radical (unpaired) electrons. The van der Waals surface area contributed by atoms with E-state index in [4.69, 9.17) is 9.26 Å². The van der Waals surface area contributed by atoms with Gasteiger partial charge in [-0.3, -0.25) is 0 Å². The summed E-state index contributed by atoms with van der Waals surface area (Å²) in [5, 5.41) is 4.08. The molecule has 2 aromatic heterocycles. The average Bonchev–Trinajstić information content (AvgIpc) is 3.46. The number of benzene rings is 2. The van der Waals surface area contributed by atoms with Crippen LogP contribution in [0.15, 0.2) is 47.0 Å². The number of methoxy groups -OCH3 is 1. The highest BCUT2D eigenvalue weighted by molar-refractivity contribution is 6.03. The molecule has 0 atom stereocenters. The number of hydrogen-bond acceptors (Lipinski definition) is 4. The zero-order valence-electron chi connectivity index (χ0n) is 17.4. The number of carbonyl (C=O) groups excluding carboxylic acids is 1. The average molecular weight is 402 g/mol. The van der Waals surface area contributed by atoms with Crippen LogP contribution < -0.4 is 4.57 Å². The van der Waals surface area contributed by atoms with Gasteiger partial charge in [0.15, 0.2) is 11.0 Å². The number of imidazole rings is 1. The molecule has 2 heterocycles. The molecule has 5 rings (SSSR count). The van der Waals surface area contributed by atoms with Crippen LogP contribution in [0.3, 0.4) is 0 Å². The monoisotopic (exact) mass is 402 g/mol. The lowest BCUT2D eigenvalue weighted by atomic mass is 10.00. The van der Waals surface area contributed by atoms with Crippen molar-refractivity contribution in [1.29, 1.82) is 0 Å². The summed E-state index contributed by atoms with van der Waals surface area (Å²) in [7, 11) is 1.42. The fraction of sp³-hybridized carbons (Fsp3) is 0.292. The maximum absolute atomic E-state index is 12.8. The van der Waals surface area contributed by atoms with Gasteiger partial charge in [-0.2, -0.15) is 0 Å². The number of carbonyl (C=O) groups is 1. The Morgan fingerprint density at radius 3 is 2.63 bits per heavy atom. The van der Waals surface area contributed by atoms with E-state index in [1.54, 1.807) is 0 Å². The lowest BCUT2D eigenvalue weighted by Crippen LogP contribution is -2.38. The van der Waals surface area contributed by atoms with Crippen LogP contribution in [-0.4, -0.2) is 23.2 Å². The number of aryl methyl sites for hydroxylation is 2. The fourth-order valence-electron chi connectivity index (χ4n) is 4.26. The van der Waals surface area contributed by atoms with Gasteiger partial charge >= 0.3 is 5.97 Å². The number of H-pyrrole nitrogens is 1. The number of ether oxygens (including phenoxy) is 1. The number of esters is 1. The molecule has 1 aliphatic carbocycles. The van der Waals surface area contributed by atoms with Gasteiger partial charge in [-0.25, -0.2) is 14.3 Å². The van der Waals surface area contributed by atoms with Crippen LogP contribution in [0.25, 0.3) is 22.2 Å². The van der Waals surface area contributed by atoms with Gasteiger partial charge in [-0.15, -0.1) is 0 Å². The quantitative estimate of drug-likeness (QED) is 0.396. The van der Waals surface area contributed by atoms with Crippen LogP contribution in [0.1, 0.15) is 52.0 Å². The number of aromatic nitrogens is 3. The van der Waals surface area contributed by atoms with Crippen LogP contribution in [0.2, 0.25) is 0 Å². The minimum atomic E-state index is -0.350. The molecule has 1 N–H and O–H groups in total. The molecule has 6 nitrogen and oxygen atoms in total. The summed E-state index contributed by atoms with van der Waals surface area (Å²) in [5.74, 6) is 2.04. The smallest absolute Gasteiger partial charge is 0.342 e. The maximum Gasteiger partial charge on any atom is 0.342 e. The van der Waals surface area contributed by atoms with Gasteiger partial charge in [-0.05, 0) is 49.9 Å². The SMILES string of the molecule is COC(=O)c1cc(-c2c(C)noc2C)cc2[nH]c(C3CC3)[n+](Cc3ccccc3)c12. The molecular weight excluding hydrogens is 378 g/mol. The zero-order chi connectivity index (χ0) is 20.8. The summed E-state index contributed by atoms with van der Waals surface area (Å²) in [6.07, 6.45) is 2.32. The Bertz CT molecular complexity index is 1230. The van der Waals surface area contributed by atoms with Gasteiger partial charge in [0, 0.05) is 5.56 Å². The molecule has 0 amide bonds. The second kappa shape index (κ2) is 7.13. The Morgan fingerprint density at radius 1 is 1.23 bits per heavy atom. The first-order chi connectivity index (χ1) is 14.6. The predicted octanol–water partition coefficient (Wildman–Crippen LogP) is 4.44. The van der Waals surface area contributed by atoms with Gasteiger partial charge in [0.2, 0.25) is 0 Å². The third kappa shape index (κ3) is 3.09. The van der Waals surface area contributed by atoms with Crippen molar-refractivity contribution in [2.45, 2.75) is 39.2 Å². The van der Waals surface area contributed by atoms with E-state index in [2.05, 4.69) is 32.9 Å². The van der Waals surface area contributed by atoms with Crippen LogP contribution in [0, 0.1) is 13.8 Å². The number of fused-ring (bicyclic) bond motifs is 1. The van der Waals surface area contributed by atoms with Crippen molar-refractivity contribution in [2.75, 3.05) is 7.11 Å². The summed E-state index contributed by atoms with van der Waals surface area (Å²) in [6.45, 7) is 4.49. The Labute approximate surface area is 174 Å². The van der Waals surface area contributed by atoms with E-state index < -0.39 is 0 Å². The highest BCUT2D eigenvalue weighted by Crippen LogP contribution is 2.39. The van der Waals surface area contributed by atoms with Gasteiger partial charge in [0.1, 0.15) is 17.9 Å². The largest absolute Gasteiger partial charge is 0.465 e. The van der Waals surface area contributed by atoms with E-state index in [0.29, 0.717) is 18.0 Å². The van der Waals surface area contributed by atoms with Gasteiger partial charge in [0.05, 0.1) is 18.7 Å². The molecule has 0 unspecified atom stereocenters. The Morgan fingerprint density at radius 2 is 2.00 bits per heavy atom. The Kier molecular flexibility index (Phi) is 4.42. The summed E-state index contributed by atoms with van der Waals surface area (Å²) < 4.78 is 12.8. The molecule has 30 heavy (non-hydrogen) atoms. The minimum absolute atomic E-state index is 0.350. The first-order valence-corrected chi connectivity index (χ1v) is 10.2. The number of nitrogens with zero attached hydrogens (tertiary/aromatic N) is 2. The first kappa shape index (κ1) is 18.6. The van der Waals surface area contributed by atoms with Crippen molar-refractivity contribution in [1.82, 2.24) is 10.1 Å². The molecule has 0 spiro atoms. The van der Waals surface area contributed by atoms with E-state index in [-0.39, 0.29) is 5.97 Å². The number of hydrogen-bond donors (Lipinski definition) is 1. The number of aromatic amines is 1. The molecule has 0 aliphatic heterocycles. The highest BCUT2D eigenvalue weighted by atomic mass is 16.5. The van der Waals surface area contributed by atoms with Crippen LogP contribution >= 0.6 is 0 Å². The molecule has 0 bridgehead atoms. The van der Waals surface area contributed by atoms with E-state index in [9.17, 15) is 4.79 Å². The van der Waals surface area contributed by atoms with Crippen molar-refractivity contribution in [2.24, 2.45) is 0 Å². The second-order valence-corrected chi connectivity index (χ2v) is 7.97. The lowest BCUT2D eigenvalue weighted by Gasteiger charge is -2.07. The summed E-state index contributed by atoms with van der Waals surface area (Å²) in [5.41, 5.74) is 6.15. The molecule has 1 fully saturated rings. The first-order valence-electron chi connectivity index (χ1n) is 10.2. The zero-order valence-corrected chi connectivity index (χ0v) is 17.4. The molecule has 0 saturated heterocycles. The van der Waals surface area contributed by atoms with E-state index in [1.165, 1.54) is 12.7 Å². The van der Waals surface area contributed by atoms with E-state index in [0.717, 1.165) is 52.3 Å². The summed E-state index contributed by atoms with van der Waals surface area (Å²) >= 11 is 0. The van der Waals surface area contributed by atoms with Crippen LogP contribution in [-0.2, 0) is 11.3 Å². The van der Waals surface area contributed by atoms with Gasteiger partial charge in [-0.1, -0.05) is 35.5 Å². The lowest BCUT2D eigenvalue weighted by molar-refractivity contribution is -0.670. The maximum atomic E-state index is 12.8. The highest BCUT2D eigenvalue weighted by Gasteiger charge is 2.37. The van der Waals surface area contributed by atoms with Crippen LogP contribution in [0.5, 0.6) is 0 Å². The van der Waals surface area contributed by atoms with E-state index >= 15 is 0 Å². The van der Waals surface area contributed by atoms with Crippen molar-refractivity contribution in [3.63, 3.8) is 0 Å². The summed E-state index contributed by atoms with van der Waals surface area (Å²) in [6, 6.07) is 14.3. The fourth-order valence-corrected chi connectivity index (χ4v) is 4.26. The Balaban J connectivity index is 1.77. The Hall–Kier alpha value is -3.41. The van der Waals surface area contributed by atoms with Gasteiger partial charge in [0.25, 0.3) is 5.82 Å². The molecule has 152 valence electrons. The third-order valence-electron chi connectivity index (χ3n) is 5.81. The number of nitrogens with one attached hydrogen (secondary N) is 1. The topological polar surface area (TPSA) is 72.0 Å². The van der Waals surface area contributed by atoms with Crippen molar-refractivity contribution in [3.05, 3.63) is 70.9 Å². The standard InChI is InChI=1S/C24H23N3O3/c1-14-21(15(2)30-26-14)18-11-19(24(28)29-3)22-20(12-18)25-23(17-9-10-17)27(22)13-16-7-5-4-6-8-16/h4-8,11-12,17H,9-10,13H2,1-3H3/p+1. The van der Waals surface area contributed by atoms with Gasteiger partial charge < -0.3 is 9.26 Å². The minimum Gasteiger partial charge on any atom is -0.465 e. The third-order valence-corrected chi connectivity index (χ3v) is 5.81. The second-order valence-electron chi connectivity index (χ2n) is 7.97. The molecule has 2 aromatic carbocycles. The van der Waals surface area contributed by atoms with Crippen molar-refractivity contribution < 1.29 is 18.6 Å². The molecule has 1 aliphatic rings. The molecule has 4 aromatic rings.